The van der Waals surface area contributed by atoms with Gasteiger partial charge in [-0.15, -0.1) is 0 Å². The summed E-state index contributed by atoms with van der Waals surface area (Å²) in [4.78, 5) is 57.8. The van der Waals surface area contributed by atoms with E-state index in [1.54, 1.807) is 45.0 Å². The zero-order valence-electron chi connectivity index (χ0n) is 21.8. The van der Waals surface area contributed by atoms with Gasteiger partial charge in [0, 0.05) is 16.4 Å². The fraction of sp³-hybridized carbons (Fsp3) is 0.387. The van der Waals surface area contributed by atoms with Crippen molar-refractivity contribution in [3.63, 3.8) is 0 Å². The van der Waals surface area contributed by atoms with Gasteiger partial charge in [0.2, 0.25) is 11.8 Å². The lowest BCUT2D eigenvalue weighted by molar-refractivity contribution is -0.129. The van der Waals surface area contributed by atoms with E-state index >= 15 is 0 Å². The molecule has 4 atom stereocenters. The highest BCUT2D eigenvalue weighted by atomic mass is 16.5. The SMILES string of the molecule is CC(C)(C)C(=O)COC(=O)c1cc(-c2ccc(N3C(=O)[C@H]4[C@@H]5CC[C@@H](C5)[C@@H]4C3=O)cc2)nc2ccccc12. The first kappa shape index (κ1) is 24.5. The monoisotopic (exact) mass is 510 g/mol. The fourth-order valence-corrected chi connectivity index (χ4v) is 6.36. The highest BCUT2D eigenvalue weighted by Gasteiger charge is 2.61. The second-order valence-corrected chi connectivity index (χ2v) is 11.8. The van der Waals surface area contributed by atoms with Gasteiger partial charge in [-0.05, 0) is 55.4 Å². The van der Waals surface area contributed by atoms with E-state index in [0.717, 1.165) is 24.8 Å². The maximum Gasteiger partial charge on any atom is 0.339 e. The minimum absolute atomic E-state index is 0.0707. The number of imide groups is 1. The predicted molar refractivity (Wildman–Crippen MR) is 142 cm³/mol. The van der Waals surface area contributed by atoms with Gasteiger partial charge in [-0.2, -0.15) is 0 Å². The molecule has 2 amide bonds. The Kier molecular flexibility index (Phi) is 5.70. The van der Waals surface area contributed by atoms with Crippen molar-refractivity contribution < 1.29 is 23.9 Å². The minimum Gasteiger partial charge on any atom is -0.454 e. The maximum absolute atomic E-state index is 13.2. The molecule has 6 rings (SSSR count). The number of hydrogen-bond acceptors (Lipinski definition) is 6. The van der Waals surface area contributed by atoms with E-state index in [1.165, 1.54) is 4.90 Å². The Morgan fingerprint density at radius 2 is 1.58 bits per heavy atom. The number of aromatic nitrogens is 1. The summed E-state index contributed by atoms with van der Waals surface area (Å²) >= 11 is 0. The smallest absolute Gasteiger partial charge is 0.339 e. The summed E-state index contributed by atoms with van der Waals surface area (Å²) in [5.41, 5.74) is 2.20. The molecule has 0 radical (unpaired) electrons. The van der Waals surface area contributed by atoms with Gasteiger partial charge in [0.15, 0.2) is 12.4 Å². The highest BCUT2D eigenvalue weighted by molar-refractivity contribution is 6.22. The van der Waals surface area contributed by atoms with Crippen molar-refractivity contribution in [2.75, 3.05) is 11.5 Å². The highest BCUT2D eigenvalue weighted by Crippen LogP contribution is 2.56. The van der Waals surface area contributed by atoms with E-state index in [9.17, 15) is 19.2 Å². The molecule has 3 aromatic rings. The lowest BCUT2D eigenvalue weighted by Gasteiger charge is -2.19. The van der Waals surface area contributed by atoms with Gasteiger partial charge < -0.3 is 4.74 Å². The van der Waals surface area contributed by atoms with Crippen molar-refractivity contribution in [3.8, 4) is 11.3 Å². The third-order valence-corrected chi connectivity index (χ3v) is 8.46. The molecular formula is C31H30N2O5. The number of fused-ring (bicyclic) bond motifs is 6. The summed E-state index contributed by atoms with van der Waals surface area (Å²) in [6, 6.07) is 16.1. The van der Waals surface area contributed by atoms with Crippen LogP contribution in [-0.4, -0.2) is 35.2 Å². The number of Topliss-reactive ketones (excluding diaryl/α,β-unsaturated/α-hetero) is 1. The Morgan fingerprint density at radius 3 is 2.21 bits per heavy atom. The van der Waals surface area contributed by atoms with E-state index in [1.807, 2.05) is 30.3 Å². The molecule has 1 saturated heterocycles. The number of nitrogens with zero attached hydrogens (tertiary/aromatic N) is 2. The van der Waals surface area contributed by atoms with Gasteiger partial charge in [0.1, 0.15) is 0 Å². The Balaban J connectivity index is 1.29. The van der Waals surface area contributed by atoms with Gasteiger partial charge in [0.25, 0.3) is 0 Å². The van der Waals surface area contributed by atoms with Crippen LogP contribution in [0.2, 0.25) is 0 Å². The van der Waals surface area contributed by atoms with Gasteiger partial charge in [-0.25, -0.2) is 9.78 Å². The first-order chi connectivity index (χ1) is 18.1. The molecule has 0 N–H and O–H groups in total. The summed E-state index contributed by atoms with van der Waals surface area (Å²) in [7, 11) is 0. The fourth-order valence-electron chi connectivity index (χ4n) is 6.36. The van der Waals surface area contributed by atoms with Crippen LogP contribution in [0.15, 0.2) is 54.6 Å². The predicted octanol–water partition coefficient (Wildman–Crippen LogP) is 5.21. The van der Waals surface area contributed by atoms with Crippen molar-refractivity contribution in [1.82, 2.24) is 4.98 Å². The van der Waals surface area contributed by atoms with E-state index in [0.29, 0.717) is 39.7 Å². The number of para-hydroxylation sites is 1. The van der Waals surface area contributed by atoms with Crippen LogP contribution in [0.25, 0.3) is 22.2 Å². The minimum atomic E-state index is -0.607. The number of anilines is 1. The van der Waals surface area contributed by atoms with Crippen molar-refractivity contribution in [1.29, 1.82) is 0 Å². The average molecular weight is 511 g/mol. The van der Waals surface area contributed by atoms with Crippen LogP contribution in [0.4, 0.5) is 5.69 Å². The molecule has 0 unspecified atom stereocenters. The first-order valence-electron chi connectivity index (χ1n) is 13.2. The standard InChI is InChI=1S/C31H30N2O5/c1-31(2,3)25(34)16-38-30(37)22-15-24(32-23-7-5-4-6-21(22)23)17-10-12-20(13-11-17)33-28(35)26-18-8-9-19(14-18)27(26)29(33)36/h4-7,10-13,15,18-19,26-27H,8-9,14,16H2,1-3H3/t18-,19+,26-,27-/m0/s1. The van der Waals surface area contributed by atoms with Gasteiger partial charge >= 0.3 is 5.97 Å². The molecule has 2 bridgehead atoms. The van der Waals surface area contributed by atoms with Crippen LogP contribution in [0, 0.1) is 29.1 Å². The average Bonchev–Trinajstić information content (AvgIpc) is 3.59. The lowest BCUT2D eigenvalue weighted by atomic mass is 9.81. The van der Waals surface area contributed by atoms with E-state index in [-0.39, 0.29) is 36.0 Å². The zero-order valence-corrected chi connectivity index (χ0v) is 21.8. The Bertz CT molecular complexity index is 1460. The maximum atomic E-state index is 13.2. The molecule has 2 heterocycles. The number of ether oxygens (including phenoxy) is 1. The number of pyridine rings is 1. The number of hydrogen-bond donors (Lipinski definition) is 0. The molecule has 194 valence electrons. The van der Waals surface area contributed by atoms with Crippen LogP contribution in [0.5, 0.6) is 0 Å². The number of benzene rings is 2. The first-order valence-corrected chi connectivity index (χ1v) is 13.2. The van der Waals surface area contributed by atoms with Crippen molar-refractivity contribution in [2.24, 2.45) is 29.1 Å². The van der Waals surface area contributed by atoms with Crippen LogP contribution < -0.4 is 4.90 Å². The zero-order chi connectivity index (χ0) is 26.8. The van der Waals surface area contributed by atoms with Crippen molar-refractivity contribution in [2.45, 2.75) is 40.0 Å². The van der Waals surface area contributed by atoms with Gasteiger partial charge in [-0.1, -0.05) is 51.1 Å². The second-order valence-electron chi connectivity index (χ2n) is 11.8. The van der Waals surface area contributed by atoms with E-state index in [2.05, 4.69) is 0 Å². The molecule has 0 spiro atoms. The number of ketones is 1. The Hall–Kier alpha value is -3.87. The molecule has 3 aliphatic rings. The molecule has 3 fully saturated rings. The lowest BCUT2D eigenvalue weighted by Crippen LogP contribution is -2.32. The number of rotatable bonds is 5. The van der Waals surface area contributed by atoms with Crippen molar-refractivity contribution >= 4 is 40.2 Å². The topological polar surface area (TPSA) is 93.6 Å². The number of amides is 2. The van der Waals surface area contributed by atoms with E-state index < -0.39 is 11.4 Å². The molecular weight excluding hydrogens is 480 g/mol. The van der Waals surface area contributed by atoms with Crippen LogP contribution in [0.3, 0.4) is 0 Å². The molecule has 2 aliphatic carbocycles. The normalized spacial score (nSPS) is 24.2. The molecule has 1 aliphatic heterocycles. The summed E-state index contributed by atoms with van der Waals surface area (Å²) in [5.74, 6) is -0.550. The van der Waals surface area contributed by atoms with Crippen LogP contribution in [-0.2, 0) is 19.1 Å². The molecule has 2 aromatic carbocycles. The Labute approximate surface area is 221 Å². The second kappa shape index (κ2) is 8.86. The molecule has 7 nitrogen and oxygen atoms in total. The third-order valence-electron chi connectivity index (χ3n) is 8.46. The molecule has 38 heavy (non-hydrogen) atoms. The molecule has 2 saturated carbocycles. The summed E-state index contributed by atoms with van der Waals surface area (Å²) < 4.78 is 5.39. The number of carbonyl (C=O) groups excluding carboxylic acids is 4. The van der Waals surface area contributed by atoms with Crippen LogP contribution >= 0.6 is 0 Å². The summed E-state index contributed by atoms with van der Waals surface area (Å²) in [6.07, 6.45) is 3.09. The van der Waals surface area contributed by atoms with Crippen LogP contribution in [0.1, 0.15) is 50.4 Å². The van der Waals surface area contributed by atoms with Gasteiger partial charge in [0.05, 0.1) is 34.3 Å². The van der Waals surface area contributed by atoms with Crippen molar-refractivity contribution in [3.05, 3.63) is 60.2 Å². The van der Waals surface area contributed by atoms with E-state index in [4.69, 9.17) is 9.72 Å². The Morgan fingerprint density at radius 1 is 0.947 bits per heavy atom. The number of carbonyl (C=O) groups is 4. The largest absolute Gasteiger partial charge is 0.454 e. The summed E-state index contributed by atoms with van der Waals surface area (Å²) in [6.45, 7) is 5.05. The molecule has 7 heteroatoms. The summed E-state index contributed by atoms with van der Waals surface area (Å²) in [5, 5.41) is 0.635. The van der Waals surface area contributed by atoms with Gasteiger partial charge in [-0.3, -0.25) is 19.3 Å². The molecule has 1 aromatic heterocycles. The quantitative estimate of drug-likeness (QED) is 0.346. The number of esters is 1. The third kappa shape index (κ3) is 3.92.